The summed E-state index contributed by atoms with van der Waals surface area (Å²) >= 11 is 7.50. The van der Waals surface area contributed by atoms with Gasteiger partial charge in [0.05, 0.1) is 10.6 Å². The summed E-state index contributed by atoms with van der Waals surface area (Å²) < 4.78 is 27.7. The third-order valence-corrected chi connectivity index (χ3v) is 3.30. The summed E-state index contributed by atoms with van der Waals surface area (Å²) in [5.41, 5.74) is 0.118. The number of amides is 1. The third kappa shape index (κ3) is 3.42. The summed E-state index contributed by atoms with van der Waals surface area (Å²) in [7, 11) is 0. The molecule has 6 heteroatoms. The minimum absolute atomic E-state index is 0.358. The molecular formula is C13H7ClF2INO. The summed E-state index contributed by atoms with van der Waals surface area (Å²) in [6, 6.07) is 8.52. The van der Waals surface area contributed by atoms with Crippen molar-refractivity contribution in [2.45, 2.75) is 0 Å². The molecule has 0 atom stereocenters. The van der Waals surface area contributed by atoms with Gasteiger partial charge in [-0.3, -0.25) is 4.79 Å². The topological polar surface area (TPSA) is 29.1 Å². The van der Waals surface area contributed by atoms with Crippen LogP contribution in [0.15, 0.2) is 36.4 Å². The van der Waals surface area contributed by atoms with Gasteiger partial charge >= 0.3 is 0 Å². The first kappa shape index (κ1) is 14.2. The Hall–Kier alpha value is -1.21. The lowest BCUT2D eigenvalue weighted by Crippen LogP contribution is -2.14. The largest absolute Gasteiger partial charge is 0.322 e. The van der Waals surface area contributed by atoms with Crippen LogP contribution in [-0.4, -0.2) is 5.91 Å². The number of halogens is 4. The Kier molecular flexibility index (Phi) is 4.36. The molecule has 0 aliphatic heterocycles. The highest BCUT2D eigenvalue weighted by Gasteiger charge is 2.15. The normalized spacial score (nSPS) is 10.3. The molecule has 98 valence electrons. The van der Waals surface area contributed by atoms with Gasteiger partial charge in [0.15, 0.2) is 0 Å². The highest BCUT2D eigenvalue weighted by atomic mass is 127. The van der Waals surface area contributed by atoms with Crippen molar-refractivity contribution in [3.8, 4) is 0 Å². The van der Waals surface area contributed by atoms with Gasteiger partial charge in [0.1, 0.15) is 11.6 Å². The second-order valence-corrected chi connectivity index (χ2v) is 5.36. The van der Waals surface area contributed by atoms with Crippen molar-refractivity contribution in [2.24, 2.45) is 0 Å². The number of rotatable bonds is 2. The van der Waals surface area contributed by atoms with E-state index in [0.29, 0.717) is 5.69 Å². The Bertz CT molecular complexity index is 649. The van der Waals surface area contributed by atoms with E-state index in [9.17, 15) is 13.6 Å². The Balaban J connectivity index is 2.28. The molecular weight excluding hydrogens is 387 g/mol. The minimum atomic E-state index is -0.866. The molecule has 0 aromatic heterocycles. The zero-order valence-corrected chi connectivity index (χ0v) is 12.3. The Morgan fingerprint density at radius 2 is 1.89 bits per heavy atom. The fraction of sp³-hybridized carbons (Fsp3) is 0. The van der Waals surface area contributed by atoms with Crippen LogP contribution in [0.5, 0.6) is 0 Å². The summed E-state index contributed by atoms with van der Waals surface area (Å²) in [5.74, 6) is -2.43. The first-order valence-corrected chi connectivity index (χ1v) is 6.64. The molecule has 19 heavy (non-hydrogen) atoms. The number of anilines is 1. The van der Waals surface area contributed by atoms with Crippen LogP contribution in [0.25, 0.3) is 0 Å². The number of nitrogens with one attached hydrogen (secondary N) is 1. The molecule has 2 rings (SSSR count). The second-order valence-electron chi connectivity index (χ2n) is 3.71. The predicted octanol–water partition coefficient (Wildman–Crippen LogP) is 4.48. The molecule has 2 nitrogen and oxygen atoms in total. The van der Waals surface area contributed by atoms with Crippen molar-refractivity contribution in [3.63, 3.8) is 0 Å². The number of hydrogen-bond donors (Lipinski definition) is 1. The molecule has 0 bridgehead atoms. The monoisotopic (exact) mass is 393 g/mol. The van der Waals surface area contributed by atoms with E-state index >= 15 is 0 Å². The average Bonchev–Trinajstić information content (AvgIpc) is 2.33. The van der Waals surface area contributed by atoms with Gasteiger partial charge in [0.25, 0.3) is 5.91 Å². The average molecular weight is 394 g/mol. The third-order valence-electron chi connectivity index (χ3n) is 2.34. The van der Waals surface area contributed by atoms with Crippen molar-refractivity contribution in [1.29, 1.82) is 0 Å². The van der Waals surface area contributed by atoms with E-state index in [0.717, 1.165) is 15.7 Å². The van der Waals surface area contributed by atoms with E-state index < -0.39 is 17.5 Å². The number of hydrogen-bond acceptors (Lipinski definition) is 1. The molecule has 2 aromatic carbocycles. The fourth-order valence-corrected chi connectivity index (χ4v) is 2.15. The van der Waals surface area contributed by atoms with E-state index in [4.69, 9.17) is 11.6 Å². The van der Waals surface area contributed by atoms with Gasteiger partial charge in [0.2, 0.25) is 0 Å². The molecule has 1 N–H and O–H groups in total. The van der Waals surface area contributed by atoms with Gasteiger partial charge in [-0.25, -0.2) is 8.78 Å². The maximum absolute atomic E-state index is 13.5. The van der Waals surface area contributed by atoms with Crippen LogP contribution in [0.2, 0.25) is 5.02 Å². The summed E-state index contributed by atoms with van der Waals surface area (Å²) in [5, 5.41) is 2.14. The van der Waals surface area contributed by atoms with Crippen molar-refractivity contribution in [2.75, 3.05) is 5.32 Å². The molecule has 0 aliphatic rings. The van der Waals surface area contributed by atoms with Crippen molar-refractivity contribution >= 4 is 45.8 Å². The van der Waals surface area contributed by atoms with Gasteiger partial charge in [0, 0.05) is 9.26 Å². The lowest BCUT2D eigenvalue weighted by Gasteiger charge is -2.07. The summed E-state index contributed by atoms with van der Waals surface area (Å²) in [4.78, 5) is 11.8. The van der Waals surface area contributed by atoms with E-state index in [1.54, 1.807) is 18.2 Å². The maximum atomic E-state index is 13.5. The van der Waals surface area contributed by atoms with E-state index in [1.807, 2.05) is 6.07 Å². The summed E-state index contributed by atoms with van der Waals surface area (Å²) in [6.45, 7) is 0. The lowest BCUT2D eigenvalue weighted by atomic mass is 10.2. The first-order valence-electron chi connectivity index (χ1n) is 5.19. The number of carbonyl (C=O) groups is 1. The molecule has 0 spiro atoms. The van der Waals surface area contributed by atoms with Crippen LogP contribution in [0.4, 0.5) is 14.5 Å². The van der Waals surface area contributed by atoms with Gasteiger partial charge in [-0.05, 0) is 52.9 Å². The van der Waals surface area contributed by atoms with Gasteiger partial charge < -0.3 is 5.32 Å². The van der Waals surface area contributed by atoms with Crippen LogP contribution in [0, 0.1) is 15.2 Å². The number of carbonyl (C=O) groups excluding carboxylic acids is 1. The Morgan fingerprint density at radius 3 is 2.58 bits per heavy atom. The van der Waals surface area contributed by atoms with Crippen LogP contribution < -0.4 is 5.32 Å². The second kappa shape index (κ2) is 5.83. The van der Waals surface area contributed by atoms with Crippen LogP contribution in [-0.2, 0) is 0 Å². The predicted molar refractivity (Wildman–Crippen MR) is 78.5 cm³/mol. The molecule has 0 heterocycles. The Labute approximate surface area is 126 Å². The highest BCUT2D eigenvalue weighted by Crippen LogP contribution is 2.20. The van der Waals surface area contributed by atoms with E-state index in [2.05, 4.69) is 27.9 Å². The molecule has 0 saturated heterocycles. The van der Waals surface area contributed by atoms with Crippen LogP contribution in [0.1, 0.15) is 10.4 Å². The van der Waals surface area contributed by atoms with E-state index in [1.165, 1.54) is 0 Å². The quantitative estimate of drug-likeness (QED) is 0.592. The molecule has 1 amide bonds. The van der Waals surface area contributed by atoms with Gasteiger partial charge in [-0.15, -0.1) is 0 Å². The molecule has 0 unspecified atom stereocenters. The maximum Gasteiger partial charge on any atom is 0.258 e. The van der Waals surface area contributed by atoms with Crippen molar-refractivity contribution in [3.05, 3.63) is 62.2 Å². The molecule has 0 fully saturated rings. The first-order chi connectivity index (χ1) is 8.97. The molecule has 2 aromatic rings. The molecule has 0 aliphatic carbocycles. The van der Waals surface area contributed by atoms with Crippen molar-refractivity contribution in [1.82, 2.24) is 0 Å². The summed E-state index contributed by atoms with van der Waals surface area (Å²) in [6.07, 6.45) is 0. The molecule has 0 saturated carbocycles. The van der Waals surface area contributed by atoms with Crippen molar-refractivity contribution < 1.29 is 13.6 Å². The lowest BCUT2D eigenvalue weighted by molar-refractivity contribution is 0.102. The highest BCUT2D eigenvalue weighted by molar-refractivity contribution is 14.1. The standard InChI is InChI=1S/C13H7ClF2INO/c14-10-6-11(15)9(5-12(10)16)13(19)18-8-3-1-2-7(17)4-8/h1-6H,(H,18,19). The molecule has 0 radical (unpaired) electrons. The van der Waals surface area contributed by atoms with Gasteiger partial charge in [-0.1, -0.05) is 17.7 Å². The fourth-order valence-electron chi connectivity index (χ4n) is 1.46. The van der Waals surface area contributed by atoms with Crippen LogP contribution in [0.3, 0.4) is 0 Å². The zero-order chi connectivity index (χ0) is 14.0. The smallest absolute Gasteiger partial charge is 0.258 e. The van der Waals surface area contributed by atoms with E-state index in [-0.39, 0.29) is 10.6 Å². The minimum Gasteiger partial charge on any atom is -0.322 e. The zero-order valence-electron chi connectivity index (χ0n) is 9.38. The number of benzene rings is 2. The van der Waals surface area contributed by atoms with Gasteiger partial charge in [-0.2, -0.15) is 0 Å². The Morgan fingerprint density at radius 1 is 1.16 bits per heavy atom. The SMILES string of the molecule is O=C(Nc1cccc(I)c1)c1cc(F)c(Cl)cc1F. The van der Waals surface area contributed by atoms with Crippen LogP contribution >= 0.6 is 34.2 Å².